The number of halogens is 1. The molecule has 5 heterocycles. The van der Waals surface area contributed by atoms with E-state index in [1.54, 1.807) is 23.4 Å². The molecule has 1 amide bonds. The van der Waals surface area contributed by atoms with Gasteiger partial charge >= 0.3 is 0 Å². The summed E-state index contributed by atoms with van der Waals surface area (Å²) in [7, 11) is -3.78. The Morgan fingerprint density at radius 1 is 1.20 bits per heavy atom. The molecular formula is C19H16ClN5O3S2. The summed E-state index contributed by atoms with van der Waals surface area (Å²) < 4.78 is 28.2. The first kappa shape index (κ1) is 19.4. The first-order valence-corrected chi connectivity index (χ1v) is 11.8. The van der Waals surface area contributed by atoms with Crippen molar-refractivity contribution < 1.29 is 13.2 Å². The lowest BCUT2D eigenvalue weighted by molar-refractivity contribution is -0.134. The molecule has 0 aromatic carbocycles. The van der Waals surface area contributed by atoms with E-state index >= 15 is 0 Å². The summed E-state index contributed by atoms with van der Waals surface area (Å²) in [6.45, 7) is 0.762. The average Bonchev–Trinajstić information content (AvgIpc) is 3.32. The molecule has 30 heavy (non-hydrogen) atoms. The maximum atomic E-state index is 13.1. The monoisotopic (exact) mass is 461 g/mol. The zero-order chi connectivity index (χ0) is 20.9. The van der Waals surface area contributed by atoms with E-state index in [0.29, 0.717) is 28.3 Å². The van der Waals surface area contributed by atoms with Crippen molar-refractivity contribution in [1.82, 2.24) is 24.2 Å². The molecule has 0 unspecified atom stereocenters. The van der Waals surface area contributed by atoms with Gasteiger partial charge in [0.25, 0.3) is 10.0 Å². The fourth-order valence-electron chi connectivity index (χ4n) is 3.51. The van der Waals surface area contributed by atoms with E-state index in [2.05, 4.69) is 15.0 Å². The van der Waals surface area contributed by atoms with Crippen LogP contribution in [0.15, 0.2) is 47.1 Å². The van der Waals surface area contributed by atoms with Crippen molar-refractivity contribution in [2.75, 3.05) is 19.6 Å². The predicted octanol–water partition coefficient (Wildman–Crippen LogP) is 2.86. The molecule has 0 spiro atoms. The number of hydrogen-bond acceptors (Lipinski definition) is 6. The van der Waals surface area contributed by atoms with Crippen LogP contribution in [0.4, 0.5) is 0 Å². The topological polar surface area (TPSA) is 99.3 Å². The van der Waals surface area contributed by atoms with E-state index < -0.39 is 10.0 Å². The third kappa shape index (κ3) is 3.45. The summed E-state index contributed by atoms with van der Waals surface area (Å²) in [4.78, 5) is 25.9. The number of nitrogens with zero attached hydrogens (tertiary/aromatic N) is 4. The minimum absolute atomic E-state index is 0.164. The van der Waals surface area contributed by atoms with Crippen LogP contribution in [0, 0.1) is 0 Å². The Bertz CT molecular complexity index is 1350. The highest BCUT2D eigenvalue weighted by atomic mass is 35.5. The number of rotatable bonds is 4. The number of pyridine rings is 2. The number of aromatic amines is 1. The summed E-state index contributed by atoms with van der Waals surface area (Å²) in [5.74, 6) is -0.233. The highest BCUT2D eigenvalue weighted by Crippen LogP contribution is 2.32. The molecule has 1 N–H and O–H groups in total. The van der Waals surface area contributed by atoms with Gasteiger partial charge in [0, 0.05) is 48.3 Å². The second-order valence-corrected chi connectivity index (χ2v) is 10.7. The minimum atomic E-state index is -3.78. The molecule has 0 bridgehead atoms. The van der Waals surface area contributed by atoms with Crippen LogP contribution in [-0.2, 0) is 21.4 Å². The van der Waals surface area contributed by atoms with Crippen molar-refractivity contribution in [1.29, 1.82) is 0 Å². The van der Waals surface area contributed by atoms with E-state index in [0.717, 1.165) is 27.9 Å². The van der Waals surface area contributed by atoms with Crippen LogP contribution in [0.2, 0.25) is 5.02 Å². The summed E-state index contributed by atoms with van der Waals surface area (Å²) in [5.41, 5.74) is 2.41. The van der Waals surface area contributed by atoms with Crippen molar-refractivity contribution >= 4 is 60.0 Å². The first-order chi connectivity index (χ1) is 14.4. The molecule has 1 aliphatic rings. The van der Waals surface area contributed by atoms with Gasteiger partial charge in [-0.15, -0.1) is 11.3 Å². The summed E-state index contributed by atoms with van der Waals surface area (Å²) in [6.07, 6.45) is 4.94. The zero-order valence-electron chi connectivity index (χ0n) is 15.6. The van der Waals surface area contributed by atoms with Gasteiger partial charge in [-0.3, -0.25) is 14.8 Å². The quantitative estimate of drug-likeness (QED) is 0.503. The molecule has 8 nitrogen and oxygen atoms in total. The van der Waals surface area contributed by atoms with E-state index in [9.17, 15) is 13.2 Å². The molecule has 0 radical (unpaired) electrons. The van der Waals surface area contributed by atoms with Gasteiger partial charge in [0.05, 0.1) is 28.3 Å². The number of carbonyl (C=O) groups excluding carboxylic acids is 1. The number of fused-ring (bicyclic) bond motifs is 2. The van der Waals surface area contributed by atoms with Crippen molar-refractivity contribution in [3.05, 3.63) is 53.6 Å². The van der Waals surface area contributed by atoms with Crippen molar-refractivity contribution in [3.8, 4) is 0 Å². The number of carbonyl (C=O) groups is 1. The Morgan fingerprint density at radius 3 is 2.87 bits per heavy atom. The Morgan fingerprint density at radius 2 is 2.07 bits per heavy atom. The van der Waals surface area contributed by atoms with Gasteiger partial charge in [-0.1, -0.05) is 11.6 Å². The van der Waals surface area contributed by atoms with E-state index in [1.165, 1.54) is 16.6 Å². The molecule has 1 aliphatic heterocycles. The molecule has 1 saturated heterocycles. The van der Waals surface area contributed by atoms with Crippen molar-refractivity contribution in [2.45, 2.75) is 10.8 Å². The Kier molecular flexibility index (Phi) is 4.73. The fraction of sp³-hybridized carbons (Fsp3) is 0.211. The summed E-state index contributed by atoms with van der Waals surface area (Å²) in [6, 6.07) is 7.04. The molecule has 0 saturated carbocycles. The Hall–Kier alpha value is -2.53. The molecule has 0 aliphatic carbocycles. The smallest absolute Gasteiger partial charge is 0.253 e. The number of hydrogen-bond donors (Lipinski definition) is 1. The second kappa shape index (κ2) is 7.31. The fourth-order valence-corrected chi connectivity index (χ4v) is 6.64. The lowest BCUT2D eigenvalue weighted by Gasteiger charge is -2.33. The van der Waals surface area contributed by atoms with Crippen LogP contribution in [0.5, 0.6) is 0 Å². The third-order valence-electron chi connectivity index (χ3n) is 5.03. The van der Waals surface area contributed by atoms with Gasteiger partial charge < -0.3 is 9.88 Å². The number of piperazine rings is 1. The molecule has 5 rings (SSSR count). The van der Waals surface area contributed by atoms with Crippen molar-refractivity contribution in [3.63, 3.8) is 0 Å². The Labute approximate surface area is 181 Å². The maximum absolute atomic E-state index is 13.1. The maximum Gasteiger partial charge on any atom is 0.253 e. The Balaban J connectivity index is 1.33. The predicted molar refractivity (Wildman–Crippen MR) is 115 cm³/mol. The van der Waals surface area contributed by atoms with Gasteiger partial charge in [0.2, 0.25) is 5.91 Å². The van der Waals surface area contributed by atoms with Crippen LogP contribution in [0.1, 0.15) is 5.69 Å². The summed E-state index contributed by atoms with van der Waals surface area (Å²) >= 11 is 7.05. The van der Waals surface area contributed by atoms with Crippen LogP contribution in [-0.4, -0.2) is 58.1 Å². The van der Waals surface area contributed by atoms with Crippen LogP contribution < -0.4 is 0 Å². The normalized spacial score (nSPS) is 16.0. The SMILES string of the molecule is O=C1CN(S(=O)(=O)c2cc3ncc(Cl)cc3s2)CCN1Cc1cc2cnccc2[nH]1. The van der Waals surface area contributed by atoms with Crippen LogP contribution in [0.3, 0.4) is 0 Å². The molecular weight excluding hydrogens is 446 g/mol. The third-order valence-corrected chi connectivity index (χ3v) is 8.60. The van der Waals surface area contributed by atoms with Gasteiger partial charge in [0.15, 0.2) is 0 Å². The average molecular weight is 462 g/mol. The van der Waals surface area contributed by atoms with Gasteiger partial charge in [0.1, 0.15) is 4.21 Å². The first-order valence-electron chi connectivity index (χ1n) is 9.15. The number of nitrogens with one attached hydrogen (secondary N) is 1. The highest BCUT2D eigenvalue weighted by molar-refractivity contribution is 7.91. The minimum Gasteiger partial charge on any atom is -0.357 e. The summed E-state index contributed by atoms with van der Waals surface area (Å²) in [5, 5.41) is 1.42. The lowest BCUT2D eigenvalue weighted by atomic mass is 10.3. The van der Waals surface area contributed by atoms with E-state index in [1.807, 2.05) is 12.1 Å². The molecule has 4 aromatic heterocycles. The van der Waals surface area contributed by atoms with E-state index in [4.69, 9.17) is 11.6 Å². The standard InChI is InChI=1S/C19H16ClN5O3S2/c20-13-6-17-16(22-9-13)7-19(29-17)30(27,28)25-4-3-24(18(26)11-25)10-14-5-12-8-21-2-1-15(12)23-14/h1-2,5-9,23H,3-4,10-11H2. The molecule has 11 heteroatoms. The van der Waals surface area contributed by atoms with Gasteiger partial charge in [-0.25, -0.2) is 8.42 Å². The number of H-pyrrole nitrogens is 1. The molecule has 1 fully saturated rings. The number of aromatic nitrogens is 3. The van der Waals surface area contributed by atoms with Crippen molar-refractivity contribution in [2.24, 2.45) is 0 Å². The van der Waals surface area contributed by atoms with Gasteiger partial charge in [-0.05, 0) is 24.3 Å². The molecule has 4 aromatic rings. The van der Waals surface area contributed by atoms with Gasteiger partial charge in [-0.2, -0.15) is 4.31 Å². The highest BCUT2D eigenvalue weighted by Gasteiger charge is 2.34. The number of thiophene rings is 1. The molecule has 154 valence electrons. The largest absolute Gasteiger partial charge is 0.357 e. The lowest BCUT2D eigenvalue weighted by Crippen LogP contribution is -2.51. The van der Waals surface area contributed by atoms with E-state index in [-0.39, 0.29) is 23.2 Å². The number of amides is 1. The number of sulfonamides is 1. The molecule has 0 atom stereocenters. The van der Waals surface area contributed by atoms with Crippen LogP contribution >= 0.6 is 22.9 Å². The van der Waals surface area contributed by atoms with Crippen LogP contribution in [0.25, 0.3) is 21.1 Å². The zero-order valence-corrected chi connectivity index (χ0v) is 18.0. The second-order valence-electron chi connectivity index (χ2n) is 7.01.